The SMILES string of the molecule is COc1cc(C=NN2C(=O)[C@@H]3[C@H](C2=O)[C@H]2C=C[C@H]3C2)c(Br)c(Br)c1OCc1ccc(Br)cc1. The minimum atomic E-state index is -0.274. The van der Waals surface area contributed by atoms with Gasteiger partial charge >= 0.3 is 0 Å². The van der Waals surface area contributed by atoms with E-state index in [1.54, 1.807) is 13.2 Å². The number of ether oxygens (including phenoxy) is 2. The highest BCUT2D eigenvalue weighted by Gasteiger charge is 2.59. The van der Waals surface area contributed by atoms with Gasteiger partial charge in [0, 0.05) is 14.5 Å². The summed E-state index contributed by atoms with van der Waals surface area (Å²) < 4.78 is 13.9. The van der Waals surface area contributed by atoms with E-state index in [0.717, 1.165) is 21.5 Å². The van der Waals surface area contributed by atoms with E-state index in [1.165, 1.54) is 6.21 Å². The topological polar surface area (TPSA) is 68.2 Å². The monoisotopic (exact) mass is 636 g/mol. The third kappa shape index (κ3) is 3.98. The molecule has 2 bridgehead atoms. The van der Waals surface area contributed by atoms with E-state index in [4.69, 9.17) is 9.47 Å². The number of benzene rings is 2. The summed E-state index contributed by atoms with van der Waals surface area (Å²) in [5.74, 6) is 0.369. The van der Waals surface area contributed by atoms with Crippen LogP contribution in [0.25, 0.3) is 0 Å². The lowest BCUT2D eigenvalue weighted by atomic mass is 9.85. The first-order chi connectivity index (χ1) is 15.9. The summed E-state index contributed by atoms with van der Waals surface area (Å²) in [6.07, 6.45) is 6.52. The van der Waals surface area contributed by atoms with Gasteiger partial charge in [-0.3, -0.25) is 9.59 Å². The third-order valence-corrected chi connectivity index (χ3v) is 9.10. The maximum absolute atomic E-state index is 12.9. The molecule has 1 saturated carbocycles. The standard InChI is InChI=1S/C24H19Br3N2O4/c1-32-17-9-15(20(26)21(27)22(17)33-11-12-2-6-16(25)7-3-12)10-28-29-23(30)18-13-4-5-14(8-13)19(18)24(29)31/h2-7,9-10,13-14,18-19H,8,11H2,1H3/t13-,14-,18-,19+/m0/s1. The smallest absolute Gasteiger partial charge is 0.254 e. The van der Waals surface area contributed by atoms with Gasteiger partial charge < -0.3 is 9.47 Å². The molecule has 2 amide bonds. The lowest BCUT2D eigenvalue weighted by molar-refractivity contribution is -0.140. The fraction of sp³-hybridized carbons (Fsp3) is 0.292. The van der Waals surface area contributed by atoms with E-state index in [0.29, 0.717) is 32.6 Å². The molecule has 170 valence electrons. The predicted octanol–water partition coefficient (Wildman–Crippen LogP) is 5.70. The van der Waals surface area contributed by atoms with Crippen LogP contribution in [0.2, 0.25) is 0 Å². The number of hydrazone groups is 1. The van der Waals surface area contributed by atoms with E-state index >= 15 is 0 Å². The zero-order valence-corrected chi connectivity index (χ0v) is 22.3. The van der Waals surface area contributed by atoms with Crippen molar-refractivity contribution in [3.63, 3.8) is 0 Å². The van der Waals surface area contributed by atoms with Crippen LogP contribution in [0.4, 0.5) is 0 Å². The fourth-order valence-corrected chi connectivity index (χ4v) is 6.04. The Morgan fingerprint density at radius 2 is 1.67 bits per heavy atom. The number of hydrogen-bond donors (Lipinski definition) is 0. The maximum Gasteiger partial charge on any atom is 0.254 e. The second kappa shape index (κ2) is 9.00. The van der Waals surface area contributed by atoms with E-state index in [-0.39, 0.29) is 35.5 Å². The van der Waals surface area contributed by atoms with Crippen LogP contribution in [0.3, 0.4) is 0 Å². The van der Waals surface area contributed by atoms with E-state index in [9.17, 15) is 9.59 Å². The second-order valence-corrected chi connectivity index (χ2v) is 10.8. The molecule has 33 heavy (non-hydrogen) atoms. The molecule has 4 atom stereocenters. The molecule has 2 fully saturated rings. The van der Waals surface area contributed by atoms with Gasteiger partial charge in [0.1, 0.15) is 6.61 Å². The molecule has 2 aromatic carbocycles. The second-order valence-electron chi connectivity index (χ2n) is 8.27. The molecule has 0 radical (unpaired) electrons. The first kappa shape index (κ1) is 22.8. The number of carbonyl (C=O) groups is 2. The Balaban J connectivity index is 1.37. The number of halogens is 3. The van der Waals surface area contributed by atoms with Gasteiger partial charge in [0.15, 0.2) is 11.5 Å². The first-order valence-electron chi connectivity index (χ1n) is 10.4. The van der Waals surface area contributed by atoms with Gasteiger partial charge in [0.05, 0.1) is 29.6 Å². The minimum absolute atomic E-state index is 0.153. The van der Waals surface area contributed by atoms with Crippen molar-refractivity contribution in [1.82, 2.24) is 5.01 Å². The predicted molar refractivity (Wildman–Crippen MR) is 134 cm³/mol. The summed E-state index contributed by atoms with van der Waals surface area (Å²) >= 11 is 10.6. The van der Waals surface area contributed by atoms with Crippen LogP contribution in [-0.4, -0.2) is 30.1 Å². The molecule has 2 aromatic rings. The number of hydrogen-bond acceptors (Lipinski definition) is 5. The number of carbonyl (C=O) groups excluding carboxylic acids is 2. The normalized spacial score (nSPS) is 25.4. The number of rotatable bonds is 6. The van der Waals surface area contributed by atoms with Gasteiger partial charge in [-0.1, -0.05) is 40.2 Å². The van der Waals surface area contributed by atoms with Crippen molar-refractivity contribution in [1.29, 1.82) is 0 Å². The number of nitrogens with zero attached hydrogens (tertiary/aromatic N) is 2. The van der Waals surface area contributed by atoms with Crippen LogP contribution >= 0.6 is 47.8 Å². The molecule has 0 aromatic heterocycles. The van der Waals surface area contributed by atoms with Crippen LogP contribution < -0.4 is 9.47 Å². The molecule has 6 nitrogen and oxygen atoms in total. The summed E-state index contributed by atoms with van der Waals surface area (Å²) in [6, 6.07) is 9.61. The van der Waals surface area contributed by atoms with Crippen LogP contribution in [0.1, 0.15) is 17.5 Å². The molecule has 0 spiro atoms. The van der Waals surface area contributed by atoms with Crippen molar-refractivity contribution in [2.24, 2.45) is 28.8 Å². The van der Waals surface area contributed by atoms with Crippen LogP contribution in [-0.2, 0) is 16.2 Å². The fourth-order valence-electron chi connectivity index (χ4n) is 4.84. The average Bonchev–Trinajstić information content (AvgIpc) is 3.49. The van der Waals surface area contributed by atoms with Crippen molar-refractivity contribution in [3.05, 3.63) is 67.0 Å². The summed E-state index contributed by atoms with van der Waals surface area (Å²) in [7, 11) is 1.56. The highest BCUT2D eigenvalue weighted by molar-refractivity contribution is 9.13. The molecule has 5 rings (SSSR count). The van der Waals surface area contributed by atoms with Gasteiger partial charge in [-0.05, 0) is 73.9 Å². The van der Waals surface area contributed by atoms with Gasteiger partial charge in [0.2, 0.25) is 0 Å². The van der Waals surface area contributed by atoms with Gasteiger partial charge in [-0.2, -0.15) is 10.1 Å². The number of allylic oxidation sites excluding steroid dienone is 2. The Kier molecular flexibility index (Phi) is 6.22. The van der Waals surface area contributed by atoms with Gasteiger partial charge in [0.25, 0.3) is 11.8 Å². The molecule has 2 aliphatic carbocycles. The maximum atomic E-state index is 12.9. The summed E-state index contributed by atoms with van der Waals surface area (Å²) in [5, 5.41) is 5.31. The van der Waals surface area contributed by atoms with Crippen molar-refractivity contribution < 1.29 is 19.1 Å². The number of imide groups is 1. The van der Waals surface area contributed by atoms with E-state index in [2.05, 4.69) is 65.0 Å². The van der Waals surface area contributed by atoms with Crippen LogP contribution in [0.5, 0.6) is 11.5 Å². The van der Waals surface area contributed by atoms with Gasteiger partial charge in [-0.25, -0.2) is 0 Å². The van der Waals surface area contributed by atoms with E-state index in [1.807, 2.05) is 24.3 Å². The minimum Gasteiger partial charge on any atom is -0.493 e. The Morgan fingerprint density at radius 3 is 2.27 bits per heavy atom. The van der Waals surface area contributed by atoms with Crippen molar-refractivity contribution >= 4 is 65.8 Å². The number of methoxy groups -OCH3 is 1. The Morgan fingerprint density at radius 1 is 1.03 bits per heavy atom. The average molecular weight is 639 g/mol. The summed E-state index contributed by atoms with van der Waals surface area (Å²) in [5.41, 5.74) is 1.66. The Bertz CT molecular complexity index is 1170. The van der Waals surface area contributed by atoms with Crippen LogP contribution in [0, 0.1) is 23.7 Å². The molecular weight excluding hydrogens is 620 g/mol. The zero-order valence-electron chi connectivity index (χ0n) is 17.5. The quantitative estimate of drug-likeness (QED) is 0.231. The van der Waals surface area contributed by atoms with Crippen molar-refractivity contribution in [2.45, 2.75) is 13.0 Å². The molecule has 0 N–H and O–H groups in total. The first-order valence-corrected chi connectivity index (χ1v) is 12.8. The van der Waals surface area contributed by atoms with Crippen molar-refractivity contribution in [3.8, 4) is 11.5 Å². The molecular formula is C24H19Br3N2O4. The molecule has 9 heteroatoms. The van der Waals surface area contributed by atoms with Gasteiger partial charge in [-0.15, -0.1) is 0 Å². The largest absolute Gasteiger partial charge is 0.493 e. The molecule has 1 heterocycles. The zero-order chi connectivity index (χ0) is 23.3. The highest BCUT2D eigenvalue weighted by atomic mass is 79.9. The lowest BCUT2D eigenvalue weighted by Gasteiger charge is -2.16. The molecule has 1 saturated heterocycles. The Hall–Kier alpha value is -1.97. The Labute approximate surface area is 216 Å². The summed E-state index contributed by atoms with van der Waals surface area (Å²) in [4.78, 5) is 25.7. The molecule has 1 aliphatic heterocycles. The lowest BCUT2D eigenvalue weighted by Crippen LogP contribution is -2.28. The van der Waals surface area contributed by atoms with Crippen LogP contribution in [0.15, 0.2) is 61.0 Å². The number of fused-ring (bicyclic) bond motifs is 5. The molecule has 0 unspecified atom stereocenters. The van der Waals surface area contributed by atoms with Crippen molar-refractivity contribution in [2.75, 3.05) is 7.11 Å². The number of amides is 2. The third-order valence-electron chi connectivity index (χ3n) is 6.43. The summed E-state index contributed by atoms with van der Waals surface area (Å²) in [6.45, 7) is 0.359. The molecule has 3 aliphatic rings. The van der Waals surface area contributed by atoms with E-state index < -0.39 is 0 Å². The highest BCUT2D eigenvalue weighted by Crippen LogP contribution is 2.52.